The van der Waals surface area contributed by atoms with Crippen molar-refractivity contribution in [3.8, 4) is 0 Å². The quantitative estimate of drug-likeness (QED) is 0.387. The van der Waals surface area contributed by atoms with Crippen LogP contribution in [0.25, 0.3) is 0 Å². The van der Waals surface area contributed by atoms with Crippen molar-refractivity contribution in [2.45, 2.75) is 77.2 Å². The summed E-state index contributed by atoms with van der Waals surface area (Å²) in [5.41, 5.74) is 0. The van der Waals surface area contributed by atoms with Crippen molar-refractivity contribution in [3.63, 3.8) is 0 Å². The van der Waals surface area contributed by atoms with Crippen LogP contribution in [0.5, 0.6) is 0 Å². The predicted octanol–water partition coefficient (Wildman–Crippen LogP) is 4.47. The summed E-state index contributed by atoms with van der Waals surface area (Å²) in [6.07, 6.45) is 17.1. The Morgan fingerprint density at radius 3 is 2.30 bits per heavy atom. The van der Waals surface area contributed by atoms with E-state index in [1.165, 1.54) is 12.8 Å². The van der Waals surface area contributed by atoms with E-state index in [0.717, 1.165) is 44.9 Å². The van der Waals surface area contributed by atoms with Crippen LogP contribution >= 0.6 is 0 Å². The van der Waals surface area contributed by atoms with Crippen molar-refractivity contribution in [1.29, 1.82) is 0 Å². The molecule has 0 aliphatic carbocycles. The van der Waals surface area contributed by atoms with Crippen LogP contribution in [0.2, 0.25) is 0 Å². The Labute approximate surface area is 123 Å². The van der Waals surface area contributed by atoms with Crippen molar-refractivity contribution in [3.05, 3.63) is 24.3 Å². The van der Waals surface area contributed by atoms with Gasteiger partial charge in [0, 0.05) is 6.42 Å². The van der Waals surface area contributed by atoms with Gasteiger partial charge < -0.3 is 10.2 Å². The Hall–Kier alpha value is -1.09. The molecule has 3 nitrogen and oxygen atoms in total. The normalized spacial score (nSPS) is 13.3. The van der Waals surface area contributed by atoms with Crippen LogP contribution < -0.4 is 0 Å². The molecule has 1 unspecified atom stereocenters. The van der Waals surface area contributed by atoms with Crippen molar-refractivity contribution < 1.29 is 15.0 Å². The third-order valence-electron chi connectivity index (χ3n) is 3.13. The fourth-order valence-electron chi connectivity index (χ4n) is 1.91. The number of hydrogen-bond donors (Lipinski definition) is 2. The zero-order valence-corrected chi connectivity index (χ0v) is 12.8. The van der Waals surface area contributed by atoms with E-state index in [9.17, 15) is 9.90 Å². The number of allylic oxidation sites excluding steroid dienone is 3. The molecule has 0 rings (SSSR count). The van der Waals surface area contributed by atoms with Crippen LogP contribution in [0, 0.1) is 0 Å². The first-order valence-corrected chi connectivity index (χ1v) is 7.88. The number of aliphatic hydroxyl groups excluding tert-OH is 1. The summed E-state index contributed by atoms with van der Waals surface area (Å²) in [6, 6.07) is 0. The molecule has 0 radical (unpaired) electrons. The van der Waals surface area contributed by atoms with Gasteiger partial charge in [0.2, 0.25) is 0 Å². The Morgan fingerprint density at radius 1 is 1.00 bits per heavy atom. The van der Waals surface area contributed by atoms with Crippen LogP contribution in [0.1, 0.15) is 71.1 Å². The average Bonchev–Trinajstić information content (AvgIpc) is 2.41. The molecule has 20 heavy (non-hydrogen) atoms. The van der Waals surface area contributed by atoms with Crippen LogP contribution in [-0.4, -0.2) is 22.3 Å². The molecular weight excluding hydrogens is 252 g/mol. The lowest BCUT2D eigenvalue weighted by Crippen LogP contribution is -2.01. The van der Waals surface area contributed by atoms with E-state index >= 15 is 0 Å². The van der Waals surface area contributed by atoms with Crippen LogP contribution in [0.15, 0.2) is 24.3 Å². The molecule has 0 fully saturated rings. The van der Waals surface area contributed by atoms with Crippen molar-refractivity contribution >= 4 is 5.97 Å². The molecule has 0 saturated heterocycles. The second-order valence-corrected chi connectivity index (χ2v) is 5.18. The van der Waals surface area contributed by atoms with Gasteiger partial charge in [-0.15, -0.1) is 0 Å². The fourth-order valence-corrected chi connectivity index (χ4v) is 1.91. The van der Waals surface area contributed by atoms with E-state index in [-0.39, 0.29) is 12.5 Å². The molecule has 0 heterocycles. The molecule has 116 valence electrons. The molecule has 0 spiro atoms. The molecule has 3 heteroatoms. The minimum Gasteiger partial charge on any atom is -0.481 e. The van der Waals surface area contributed by atoms with Crippen molar-refractivity contribution in [1.82, 2.24) is 0 Å². The maximum absolute atomic E-state index is 10.3. The summed E-state index contributed by atoms with van der Waals surface area (Å²) >= 11 is 0. The minimum absolute atomic E-state index is 0.253. The zero-order chi connectivity index (χ0) is 15.1. The fraction of sp³-hybridized carbons (Fsp3) is 0.706. The summed E-state index contributed by atoms with van der Waals surface area (Å²) < 4.78 is 0. The van der Waals surface area contributed by atoms with Crippen molar-refractivity contribution in [2.24, 2.45) is 0 Å². The van der Waals surface area contributed by atoms with Crippen molar-refractivity contribution in [2.75, 3.05) is 0 Å². The highest BCUT2D eigenvalue weighted by Gasteiger charge is 1.97. The smallest absolute Gasteiger partial charge is 0.303 e. The third-order valence-corrected chi connectivity index (χ3v) is 3.13. The lowest BCUT2D eigenvalue weighted by molar-refractivity contribution is -0.137. The lowest BCUT2D eigenvalue weighted by Gasteiger charge is -2.03. The summed E-state index contributed by atoms with van der Waals surface area (Å²) in [6.45, 7) is 2.16. The Balaban J connectivity index is 3.37. The highest BCUT2D eigenvalue weighted by molar-refractivity contribution is 5.66. The minimum atomic E-state index is -0.721. The molecule has 0 aromatic heterocycles. The van der Waals surface area contributed by atoms with Gasteiger partial charge in [0.25, 0.3) is 0 Å². The number of carbonyl (C=O) groups is 1. The third kappa shape index (κ3) is 15.0. The maximum atomic E-state index is 10.3. The Bertz CT molecular complexity index is 282. The summed E-state index contributed by atoms with van der Waals surface area (Å²) in [7, 11) is 0. The molecule has 0 aliphatic heterocycles. The average molecular weight is 282 g/mol. The van der Waals surface area contributed by atoms with E-state index < -0.39 is 5.97 Å². The number of hydrogen-bond acceptors (Lipinski definition) is 2. The molecule has 0 saturated carbocycles. The van der Waals surface area contributed by atoms with Gasteiger partial charge in [-0.1, -0.05) is 50.5 Å². The van der Waals surface area contributed by atoms with E-state index in [1.54, 1.807) is 0 Å². The number of unbranched alkanes of at least 4 members (excludes halogenated alkanes) is 5. The SMILES string of the molecule is CCCCCC(O)/C=C/CCC/C=C/CCCC(=O)O. The number of aliphatic hydroxyl groups is 1. The molecule has 0 aliphatic rings. The number of rotatable bonds is 13. The molecule has 0 amide bonds. The number of aliphatic carboxylic acids is 1. The molecule has 1 atom stereocenters. The molecule has 0 aromatic carbocycles. The summed E-state index contributed by atoms with van der Waals surface area (Å²) in [5.74, 6) is -0.721. The molecular formula is C17H30O3. The first-order valence-electron chi connectivity index (χ1n) is 7.88. The van der Waals surface area contributed by atoms with E-state index in [1.807, 2.05) is 6.08 Å². The van der Waals surface area contributed by atoms with Crippen LogP contribution in [0.4, 0.5) is 0 Å². The lowest BCUT2D eigenvalue weighted by atomic mass is 10.1. The first kappa shape index (κ1) is 18.9. The van der Waals surface area contributed by atoms with Crippen LogP contribution in [-0.2, 0) is 4.79 Å². The van der Waals surface area contributed by atoms with Gasteiger partial charge in [-0.25, -0.2) is 0 Å². The second-order valence-electron chi connectivity index (χ2n) is 5.18. The summed E-state index contributed by atoms with van der Waals surface area (Å²) in [4.78, 5) is 10.3. The molecule has 0 bridgehead atoms. The topological polar surface area (TPSA) is 57.5 Å². The standard InChI is InChI=1S/C17H30O3/c1-2-3-10-13-16(18)14-11-8-6-4-5-7-9-12-15-17(19)20/h5,7,11,14,16,18H,2-4,6,8-10,12-13,15H2,1H3,(H,19,20)/b7-5+,14-11+. The van der Waals surface area contributed by atoms with E-state index in [0.29, 0.717) is 0 Å². The predicted molar refractivity (Wildman–Crippen MR) is 83.8 cm³/mol. The van der Waals surface area contributed by atoms with Gasteiger partial charge in [-0.3, -0.25) is 4.79 Å². The van der Waals surface area contributed by atoms with Crippen LogP contribution in [0.3, 0.4) is 0 Å². The Morgan fingerprint density at radius 2 is 1.65 bits per heavy atom. The van der Waals surface area contributed by atoms with Gasteiger partial charge in [0.05, 0.1) is 6.10 Å². The zero-order valence-electron chi connectivity index (χ0n) is 12.8. The maximum Gasteiger partial charge on any atom is 0.303 e. The molecule has 2 N–H and O–H groups in total. The van der Waals surface area contributed by atoms with Gasteiger partial charge in [-0.2, -0.15) is 0 Å². The largest absolute Gasteiger partial charge is 0.481 e. The van der Waals surface area contributed by atoms with E-state index in [4.69, 9.17) is 5.11 Å². The Kier molecular flexibility index (Phi) is 13.5. The van der Waals surface area contributed by atoms with Gasteiger partial charge in [-0.05, 0) is 38.5 Å². The monoisotopic (exact) mass is 282 g/mol. The second kappa shape index (κ2) is 14.3. The number of carboxylic acid groups (broad SMARTS) is 1. The highest BCUT2D eigenvalue weighted by Crippen LogP contribution is 2.06. The highest BCUT2D eigenvalue weighted by atomic mass is 16.4. The van der Waals surface area contributed by atoms with Gasteiger partial charge in [0.1, 0.15) is 0 Å². The van der Waals surface area contributed by atoms with Gasteiger partial charge in [0.15, 0.2) is 0 Å². The summed E-state index contributed by atoms with van der Waals surface area (Å²) in [5, 5.41) is 18.1. The molecule has 0 aromatic rings. The number of carboxylic acids is 1. The van der Waals surface area contributed by atoms with Gasteiger partial charge >= 0.3 is 5.97 Å². The van der Waals surface area contributed by atoms with E-state index in [2.05, 4.69) is 25.2 Å². The first-order chi connectivity index (χ1) is 9.66.